The van der Waals surface area contributed by atoms with E-state index in [4.69, 9.17) is 17.1 Å². The molecular formula is C22H66O4Si5. The largest absolute Gasteiger partial charge is 0.437 e. The highest BCUT2D eigenvalue weighted by Gasteiger charge is 2.46. The molecular weight excluding hydrogens is 469 g/mol. The molecule has 0 radical (unpaired) electrons. The van der Waals surface area contributed by atoms with Crippen LogP contribution in [0.3, 0.4) is 0 Å². The highest BCUT2D eigenvalue weighted by atomic mass is 28.5. The predicted octanol–water partition coefficient (Wildman–Crippen LogP) is 9.33. The van der Waals surface area contributed by atoms with Crippen molar-refractivity contribution in [1.82, 2.24) is 0 Å². The van der Waals surface area contributed by atoms with Crippen molar-refractivity contribution < 1.29 is 17.1 Å². The van der Waals surface area contributed by atoms with Crippen LogP contribution in [0.25, 0.3) is 0 Å². The van der Waals surface area contributed by atoms with Gasteiger partial charge in [-0.1, -0.05) is 63.7 Å². The number of ether oxygens (including phenoxy) is 1. The molecule has 0 aliphatic carbocycles. The molecule has 9 heteroatoms. The van der Waals surface area contributed by atoms with Crippen LogP contribution in [0.5, 0.6) is 0 Å². The summed E-state index contributed by atoms with van der Waals surface area (Å²) in [5.74, 6) is 0. The van der Waals surface area contributed by atoms with E-state index in [0.717, 1.165) is 25.1 Å². The summed E-state index contributed by atoms with van der Waals surface area (Å²) in [7, 11) is -7.32. The SMILES string of the molecule is C.C.C.C.C.CC[Si](C)(O[Si](C)(C)C)O[Si](C)(C)O[Si](C)(CCCOC)C[Si](C)(C)C. The molecule has 0 fully saturated rings. The molecule has 0 aliphatic rings. The summed E-state index contributed by atoms with van der Waals surface area (Å²) < 4.78 is 25.6. The molecule has 2 unspecified atom stereocenters. The Morgan fingerprint density at radius 3 is 1.42 bits per heavy atom. The second kappa shape index (κ2) is 17.4. The maximum absolute atomic E-state index is 6.96. The first-order valence-corrected chi connectivity index (χ1v) is 25.3. The predicted molar refractivity (Wildman–Crippen MR) is 161 cm³/mol. The van der Waals surface area contributed by atoms with E-state index in [9.17, 15) is 0 Å². The third-order valence-corrected chi connectivity index (χ3v) is 25.8. The van der Waals surface area contributed by atoms with Crippen LogP contribution in [0.4, 0.5) is 0 Å². The molecule has 2 atom stereocenters. The topological polar surface area (TPSA) is 36.9 Å². The third kappa shape index (κ3) is 22.5. The van der Waals surface area contributed by atoms with E-state index in [0.29, 0.717) is 0 Å². The lowest BCUT2D eigenvalue weighted by molar-refractivity contribution is 0.197. The average molecular weight is 535 g/mol. The lowest BCUT2D eigenvalue weighted by Crippen LogP contribution is -2.58. The quantitative estimate of drug-likeness (QED) is 0.174. The van der Waals surface area contributed by atoms with Gasteiger partial charge >= 0.3 is 17.1 Å². The molecule has 0 saturated carbocycles. The minimum atomic E-state index is -2.25. The Balaban J connectivity index is -0.000000312. The standard InChI is InChI=1S/C17H46O4Si5.5CH4/c1-13-26(12,19-23(6,7)8)21-24(9,10)20-25(11,16-14-15-18-2)17-22(3,4)5;;;;;/h13-17H2,1-12H3;5*1H4. The second-order valence-electron chi connectivity index (χ2n) is 10.6. The molecule has 0 spiro atoms. The normalized spacial score (nSPS) is 15.5. The van der Waals surface area contributed by atoms with Crippen molar-refractivity contribution in [2.24, 2.45) is 0 Å². The minimum absolute atomic E-state index is 0. The molecule has 0 saturated heterocycles. The van der Waals surface area contributed by atoms with E-state index in [1.807, 2.05) is 0 Å². The van der Waals surface area contributed by atoms with Crippen molar-refractivity contribution in [3.8, 4) is 0 Å². The van der Waals surface area contributed by atoms with Gasteiger partial charge in [-0.3, -0.25) is 0 Å². The second-order valence-corrected chi connectivity index (χ2v) is 33.0. The zero-order chi connectivity index (χ0) is 20.9. The molecule has 0 aromatic rings. The van der Waals surface area contributed by atoms with E-state index >= 15 is 0 Å². The van der Waals surface area contributed by atoms with Gasteiger partial charge in [0, 0.05) is 21.8 Å². The minimum Gasteiger partial charge on any atom is -0.437 e. The molecule has 0 aliphatic heterocycles. The summed E-state index contributed by atoms with van der Waals surface area (Å²) in [6.07, 6.45) is 1.09. The van der Waals surface area contributed by atoms with Crippen molar-refractivity contribution in [3.05, 3.63) is 0 Å². The van der Waals surface area contributed by atoms with E-state index < -0.39 is 41.8 Å². The van der Waals surface area contributed by atoms with Gasteiger partial charge in [0.2, 0.25) is 0 Å². The first-order valence-electron chi connectivity index (χ1n) is 10.0. The van der Waals surface area contributed by atoms with Crippen LogP contribution in [-0.4, -0.2) is 55.5 Å². The van der Waals surface area contributed by atoms with Gasteiger partial charge in [0.25, 0.3) is 0 Å². The van der Waals surface area contributed by atoms with Crippen LogP contribution < -0.4 is 0 Å². The van der Waals surface area contributed by atoms with Crippen LogP contribution in [-0.2, 0) is 17.1 Å². The fourth-order valence-corrected chi connectivity index (χ4v) is 32.1. The Morgan fingerprint density at radius 2 is 1.10 bits per heavy atom. The molecule has 0 rings (SSSR count). The van der Waals surface area contributed by atoms with Crippen molar-refractivity contribution >= 4 is 41.8 Å². The maximum atomic E-state index is 6.96. The number of methoxy groups -OCH3 is 1. The van der Waals surface area contributed by atoms with Crippen LogP contribution >= 0.6 is 0 Å². The monoisotopic (exact) mass is 534 g/mol. The zero-order valence-electron chi connectivity index (χ0n) is 19.7. The van der Waals surface area contributed by atoms with Gasteiger partial charge in [0.15, 0.2) is 16.6 Å². The fraction of sp³-hybridized carbons (Fsp3) is 1.00. The highest BCUT2D eigenvalue weighted by molar-refractivity contribution is 6.96. The van der Waals surface area contributed by atoms with E-state index in [2.05, 4.69) is 72.4 Å². The van der Waals surface area contributed by atoms with Crippen LogP contribution in [0.2, 0.25) is 83.2 Å². The number of hydrogen-bond acceptors (Lipinski definition) is 4. The first-order chi connectivity index (χ1) is 11.4. The zero-order valence-corrected chi connectivity index (χ0v) is 24.7. The van der Waals surface area contributed by atoms with Crippen molar-refractivity contribution in [2.45, 2.75) is 134 Å². The van der Waals surface area contributed by atoms with Gasteiger partial charge in [-0.05, 0) is 70.0 Å². The molecule has 4 nitrogen and oxygen atoms in total. The molecule has 198 valence electrons. The van der Waals surface area contributed by atoms with Crippen molar-refractivity contribution in [2.75, 3.05) is 13.7 Å². The lowest BCUT2D eigenvalue weighted by Gasteiger charge is -2.43. The van der Waals surface area contributed by atoms with E-state index in [1.54, 1.807) is 7.11 Å². The maximum Gasteiger partial charge on any atom is 0.315 e. The van der Waals surface area contributed by atoms with E-state index in [1.165, 1.54) is 5.67 Å². The molecule has 0 aromatic heterocycles. The molecule has 0 heterocycles. The Labute approximate surface area is 206 Å². The van der Waals surface area contributed by atoms with Gasteiger partial charge in [0.05, 0.1) is 0 Å². The van der Waals surface area contributed by atoms with Gasteiger partial charge < -0.3 is 17.1 Å². The summed E-state index contributed by atoms with van der Waals surface area (Å²) in [6.45, 7) is 26.2. The lowest BCUT2D eigenvalue weighted by atomic mass is 10.5. The molecule has 0 aromatic carbocycles. The molecule has 0 amide bonds. The summed E-state index contributed by atoms with van der Waals surface area (Å²) in [5, 5.41) is 0. The van der Waals surface area contributed by atoms with E-state index in [-0.39, 0.29) is 37.1 Å². The van der Waals surface area contributed by atoms with Crippen LogP contribution in [0.1, 0.15) is 50.5 Å². The van der Waals surface area contributed by atoms with Crippen molar-refractivity contribution in [3.63, 3.8) is 0 Å². The number of rotatable bonds is 13. The Kier molecular flexibility index (Phi) is 25.5. The summed E-state index contributed by atoms with van der Waals surface area (Å²) >= 11 is 0. The summed E-state index contributed by atoms with van der Waals surface area (Å²) in [5.41, 5.74) is 1.28. The van der Waals surface area contributed by atoms with Gasteiger partial charge in [-0.2, -0.15) is 0 Å². The molecule has 31 heavy (non-hydrogen) atoms. The molecule has 0 bridgehead atoms. The molecule has 0 N–H and O–H groups in total. The van der Waals surface area contributed by atoms with Gasteiger partial charge in [-0.15, -0.1) is 0 Å². The Bertz CT molecular complexity index is 425. The van der Waals surface area contributed by atoms with Gasteiger partial charge in [-0.25, -0.2) is 0 Å². The highest BCUT2D eigenvalue weighted by Crippen LogP contribution is 2.32. The fourth-order valence-electron chi connectivity index (χ4n) is 3.83. The first kappa shape index (κ1) is 45.4. The summed E-state index contributed by atoms with van der Waals surface area (Å²) in [6, 6.07) is 2.14. The van der Waals surface area contributed by atoms with Crippen molar-refractivity contribution in [1.29, 1.82) is 0 Å². The van der Waals surface area contributed by atoms with Gasteiger partial charge in [0.1, 0.15) is 0 Å². The average Bonchev–Trinajstić information content (AvgIpc) is 2.32. The summed E-state index contributed by atoms with van der Waals surface area (Å²) in [4.78, 5) is 0. The smallest absolute Gasteiger partial charge is 0.315 e. The Morgan fingerprint density at radius 1 is 0.645 bits per heavy atom. The Hall–Kier alpha value is 0.924. The number of hydrogen-bond donors (Lipinski definition) is 0. The third-order valence-electron chi connectivity index (χ3n) is 4.08. The van der Waals surface area contributed by atoms with Crippen LogP contribution in [0, 0.1) is 0 Å². The van der Waals surface area contributed by atoms with Crippen LogP contribution in [0.15, 0.2) is 0 Å².